The summed E-state index contributed by atoms with van der Waals surface area (Å²) in [7, 11) is 1.62. The number of carboxylic acid groups (broad SMARTS) is 1. The van der Waals surface area contributed by atoms with Gasteiger partial charge in [0.05, 0.1) is 12.8 Å². The lowest BCUT2D eigenvalue weighted by molar-refractivity contribution is -0.137. The number of carboxylic acids is 1. The quantitative estimate of drug-likeness (QED) is 0.915. The van der Waals surface area contributed by atoms with E-state index in [9.17, 15) is 4.79 Å². The number of methoxy groups -OCH3 is 1. The summed E-state index contributed by atoms with van der Waals surface area (Å²) in [5, 5.41) is 13.2. The SMILES string of the molecule is COc1ccccc1-c1c(C)nn(CC(=O)O)c1C. The van der Waals surface area contributed by atoms with E-state index in [1.54, 1.807) is 7.11 Å². The fourth-order valence-corrected chi connectivity index (χ4v) is 2.22. The molecule has 0 radical (unpaired) electrons. The minimum absolute atomic E-state index is 0.137. The van der Waals surface area contributed by atoms with Crippen LogP contribution in [0.4, 0.5) is 0 Å². The molecule has 2 rings (SSSR count). The minimum atomic E-state index is -0.905. The first-order valence-corrected chi connectivity index (χ1v) is 5.93. The number of aliphatic carboxylic acids is 1. The molecule has 100 valence electrons. The molecule has 1 aromatic heterocycles. The fraction of sp³-hybridized carbons (Fsp3) is 0.286. The van der Waals surface area contributed by atoms with Gasteiger partial charge in [0.1, 0.15) is 12.3 Å². The minimum Gasteiger partial charge on any atom is -0.496 e. The predicted molar refractivity (Wildman–Crippen MR) is 71.3 cm³/mol. The monoisotopic (exact) mass is 260 g/mol. The van der Waals surface area contributed by atoms with Crippen LogP contribution in [0, 0.1) is 13.8 Å². The van der Waals surface area contributed by atoms with Crippen molar-refractivity contribution in [2.24, 2.45) is 0 Å². The smallest absolute Gasteiger partial charge is 0.325 e. The van der Waals surface area contributed by atoms with Crippen molar-refractivity contribution in [3.05, 3.63) is 35.7 Å². The third kappa shape index (κ3) is 2.45. The fourth-order valence-electron chi connectivity index (χ4n) is 2.22. The van der Waals surface area contributed by atoms with Gasteiger partial charge in [0.25, 0.3) is 0 Å². The molecule has 0 fully saturated rings. The first-order chi connectivity index (χ1) is 9.04. The van der Waals surface area contributed by atoms with Crippen LogP contribution in [0.5, 0.6) is 5.75 Å². The maximum absolute atomic E-state index is 10.8. The summed E-state index contributed by atoms with van der Waals surface area (Å²) in [4.78, 5) is 10.8. The molecule has 0 bridgehead atoms. The van der Waals surface area contributed by atoms with Crippen LogP contribution in [0.15, 0.2) is 24.3 Å². The highest BCUT2D eigenvalue weighted by Gasteiger charge is 2.17. The van der Waals surface area contributed by atoms with Gasteiger partial charge in [0.2, 0.25) is 0 Å². The zero-order valence-corrected chi connectivity index (χ0v) is 11.2. The first kappa shape index (κ1) is 13.1. The van der Waals surface area contributed by atoms with Gasteiger partial charge < -0.3 is 9.84 Å². The lowest BCUT2D eigenvalue weighted by atomic mass is 10.0. The van der Waals surface area contributed by atoms with Crippen LogP contribution in [-0.2, 0) is 11.3 Å². The van der Waals surface area contributed by atoms with Crippen molar-refractivity contribution in [3.8, 4) is 16.9 Å². The van der Waals surface area contributed by atoms with Gasteiger partial charge >= 0.3 is 5.97 Å². The molecule has 2 aromatic rings. The Morgan fingerprint density at radius 3 is 2.68 bits per heavy atom. The van der Waals surface area contributed by atoms with Crippen molar-refractivity contribution in [1.82, 2.24) is 9.78 Å². The first-order valence-electron chi connectivity index (χ1n) is 5.93. The van der Waals surface area contributed by atoms with E-state index >= 15 is 0 Å². The lowest BCUT2D eigenvalue weighted by Crippen LogP contribution is -2.11. The van der Waals surface area contributed by atoms with E-state index in [1.165, 1.54) is 4.68 Å². The number of carbonyl (C=O) groups is 1. The van der Waals surface area contributed by atoms with Crippen LogP contribution < -0.4 is 4.74 Å². The van der Waals surface area contributed by atoms with E-state index in [0.29, 0.717) is 0 Å². The number of benzene rings is 1. The number of aromatic nitrogens is 2. The maximum Gasteiger partial charge on any atom is 0.325 e. The van der Waals surface area contributed by atoms with Crippen molar-refractivity contribution >= 4 is 5.97 Å². The maximum atomic E-state index is 10.8. The summed E-state index contributed by atoms with van der Waals surface area (Å²) >= 11 is 0. The van der Waals surface area contributed by atoms with Gasteiger partial charge in [-0.25, -0.2) is 0 Å². The summed E-state index contributed by atoms with van der Waals surface area (Å²) in [5.41, 5.74) is 3.47. The van der Waals surface area contributed by atoms with Gasteiger partial charge in [0.15, 0.2) is 0 Å². The van der Waals surface area contributed by atoms with E-state index < -0.39 is 5.97 Å². The van der Waals surface area contributed by atoms with Crippen molar-refractivity contribution in [1.29, 1.82) is 0 Å². The van der Waals surface area contributed by atoms with Gasteiger partial charge in [-0.1, -0.05) is 18.2 Å². The van der Waals surface area contributed by atoms with Gasteiger partial charge in [-0.05, 0) is 19.9 Å². The van der Waals surface area contributed by atoms with Crippen LogP contribution in [0.2, 0.25) is 0 Å². The molecule has 0 aliphatic rings. The van der Waals surface area contributed by atoms with E-state index in [-0.39, 0.29) is 6.54 Å². The van der Waals surface area contributed by atoms with E-state index in [0.717, 1.165) is 28.3 Å². The molecule has 5 nitrogen and oxygen atoms in total. The Bertz CT molecular complexity index is 617. The molecular weight excluding hydrogens is 244 g/mol. The van der Waals surface area contributed by atoms with Gasteiger partial charge in [-0.3, -0.25) is 9.48 Å². The molecule has 1 N–H and O–H groups in total. The van der Waals surface area contributed by atoms with E-state index in [4.69, 9.17) is 9.84 Å². The average Bonchev–Trinajstić information content (AvgIpc) is 2.64. The summed E-state index contributed by atoms with van der Waals surface area (Å²) in [5.74, 6) is -0.152. The Hall–Kier alpha value is -2.30. The van der Waals surface area contributed by atoms with E-state index in [2.05, 4.69) is 5.10 Å². The van der Waals surface area contributed by atoms with Crippen LogP contribution in [0.1, 0.15) is 11.4 Å². The molecule has 0 amide bonds. The number of ether oxygens (including phenoxy) is 1. The lowest BCUT2D eigenvalue weighted by Gasteiger charge is -2.08. The van der Waals surface area contributed by atoms with Gasteiger partial charge in [-0.2, -0.15) is 5.10 Å². The highest BCUT2D eigenvalue weighted by atomic mass is 16.5. The molecular formula is C14H16N2O3. The molecule has 0 aliphatic carbocycles. The second-order valence-corrected chi connectivity index (χ2v) is 4.30. The Morgan fingerprint density at radius 2 is 2.05 bits per heavy atom. The Balaban J connectivity index is 2.56. The summed E-state index contributed by atoms with van der Waals surface area (Å²) < 4.78 is 6.85. The second-order valence-electron chi connectivity index (χ2n) is 4.30. The van der Waals surface area contributed by atoms with Crippen LogP contribution in [0.25, 0.3) is 11.1 Å². The summed E-state index contributed by atoms with van der Waals surface area (Å²) in [6.07, 6.45) is 0. The number of nitrogens with zero attached hydrogens (tertiary/aromatic N) is 2. The van der Waals surface area contributed by atoms with E-state index in [1.807, 2.05) is 38.1 Å². The summed E-state index contributed by atoms with van der Waals surface area (Å²) in [6, 6.07) is 7.64. The highest BCUT2D eigenvalue weighted by Crippen LogP contribution is 2.34. The third-order valence-electron chi connectivity index (χ3n) is 3.04. The zero-order valence-electron chi connectivity index (χ0n) is 11.2. The number of rotatable bonds is 4. The molecule has 1 heterocycles. The molecule has 0 spiro atoms. The van der Waals surface area contributed by atoms with Crippen LogP contribution in [-0.4, -0.2) is 28.0 Å². The Kier molecular flexibility index (Phi) is 3.55. The molecule has 5 heteroatoms. The molecule has 0 atom stereocenters. The topological polar surface area (TPSA) is 64.4 Å². The standard InChI is InChI=1S/C14H16N2O3/c1-9-14(10(2)16(15-9)8-13(17)18)11-6-4-5-7-12(11)19-3/h4-7H,8H2,1-3H3,(H,17,18). The van der Waals surface area contributed by atoms with Crippen LogP contribution >= 0.6 is 0 Å². The predicted octanol–water partition coefficient (Wildman–Crippen LogP) is 2.26. The molecule has 0 unspecified atom stereocenters. The van der Waals surface area contributed by atoms with Crippen molar-refractivity contribution < 1.29 is 14.6 Å². The summed E-state index contributed by atoms with van der Waals surface area (Å²) in [6.45, 7) is 3.60. The molecule has 0 aliphatic heterocycles. The van der Waals surface area contributed by atoms with Crippen molar-refractivity contribution in [3.63, 3.8) is 0 Å². The van der Waals surface area contributed by atoms with Crippen molar-refractivity contribution in [2.45, 2.75) is 20.4 Å². The molecule has 0 saturated carbocycles. The van der Waals surface area contributed by atoms with Crippen molar-refractivity contribution in [2.75, 3.05) is 7.11 Å². The van der Waals surface area contributed by atoms with Crippen LogP contribution in [0.3, 0.4) is 0 Å². The molecule has 19 heavy (non-hydrogen) atoms. The molecule has 0 saturated heterocycles. The van der Waals surface area contributed by atoms with Gasteiger partial charge in [0, 0.05) is 16.8 Å². The zero-order chi connectivity index (χ0) is 14.0. The number of para-hydroxylation sites is 1. The second kappa shape index (κ2) is 5.14. The Labute approximate surface area is 111 Å². The molecule has 1 aromatic carbocycles. The highest BCUT2D eigenvalue weighted by molar-refractivity contribution is 5.75. The Morgan fingerprint density at radius 1 is 1.37 bits per heavy atom. The third-order valence-corrected chi connectivity index (χ3v) is 3.04. The van der Waals surface area contributed by atoms with Gasteiger partial charge in [-0.15, -0.1) is 0 Å². The number of aryl methyl sites for hydroxylation is 1. The largest absolute Gasteiger partial charge is 0.496 e. The normalized spacial score (nSPS) is 10.5. The number of hydrogen-bond donors (Lipinski definition) is 1. The average molecular weight is 260 g/mol. The number of hydrogen-bond acceptors (Lipinski definition) is 3.